The minimum atomic E-state index is -0.509. The van der Waals surface area contributed by atoms with Gasteiger partial charge in [0.05, 0.1) is 16.4 Å². The molecular weight excluding hydrogens is 523 g/mol. The number of hydrogen-bond donors (Lipinski definition) is 2. The summed E-state index contributed by atoms with van der Waals surface area (Å²) in [4.78, 5) is 34.7. The van der Waals surface area contributed by atoms with Crippen molar-refractivity contribution in [3.63, 3.8) is 0 Å². The van der Waals surface area contributed by atoms with Crippen molar-refractivity contribution in [3.8, 4) is 11.3 Å². The van der Waals surface area contributed by atoms with Gasteiger partial charge in [0, 0.05) is 43.2 Å². The van der Waals surface area contributed by atoms with Crippen LogP contribution in [0, 0.1) is 5.82 Å². The SMILES string of the molecule is CCN1CCN(C(=O)c2csc(Nc3ncc(F)c(-c4ccc5nc(NC6CCCC6)sc5c4)n3)n2)CC1. The first-order valence-corrected chi connectivity index (χ1v) is 14.7. The fourth-order valence-corrected chi connectivity index (χ4v) is 6.62. The largest absolute Gasteiger partial charge is 0.359 e. The van der Waals surface area contributed by atoms with Crippen LogP contribution in [0.2, 0.25) is 0 Å². The minimum Gasteiger partial charge on any atom is -0.359 e. The third-order valence-electron chi connectivity index (χ3n) is 7.14. The van der Waals surface area contributed by atoms with E-state index >= 15 is 0 Å². The minimum absolute atomic E-state index is 0.0783. The van der Waals surface area contributed by atoms with Crippen molar-refractivity contribution in [2.75, 3.05) is 43.4 Å². The second-order valence-corrected chi connectivity index (χ2v) is 11.5. The Morgan fingerprint density at radius 2 is 1.92 bits per heavy atom. The number of piperazine rings is 1. The maximum absolute atomic E-state index is 14.8. The topological polar surface area (TPSA) is 99.2 Å². The van der Waals surface area contributed by atoms with Crippen LogP contribution in [0.15, 0.2) is 29.8 Å². The molecule has 4 aromatic rings. The van der Waals surface area contributed by atoms with Gasteiger partial charge in [0.25, 0.3) is 5.91 Å². The zero-order valence-electron chi connectivity index (χ0n) is 21.1. The summed E-state index contributed by atoms with van der Waals surface area (Å²) in [6, 6.07) is 6.13. The van der Waals surface area contributed by atoms with Gasteiger partial charge >= 0.3 is 0 Å². The van der Waals surface area contributed by atoms with Gasteiger partial charge in [-0.2, -0.15) is 0 Å². The highest BCUT2D eigenvalue weighted by molar-refractivity contribution is 7.22. The van der Waals surface area contributed by atoms with Crippen molar-refractivity contribution in [1.82, 2.24) is 29.7 Å². The molecule has 38 heavy (non-hydrogen) atoms. The molecule has 1 saturated carbocycles. The Bertz CT molecular complexity index is 1440. The molecule has 198 valence electrons. The number of likely N-dealkylation sites (N-methyl/N-ethyl adjacent to an activating group) is 1. The second-order valence-electron chi connectivity index (χ2n) is 9.61. The van der Waals surface area contributed by atoms with Crippen LogP contribution in [0.1, 0.15) is 43.1 Å². The number of thiazole rings is 2. The monoisotopic (exact) mass is 552 g/mol. The average Bonchev–Trinajstić information content (AvgIpc) is 3.70. The number of benzene rings is 1. The predicted octanol–water partition coefficient (Wildman–Crippen LogP) is 5.22. The van der Waals surface area contributed by atoms with Gasteiger partial charge in [0.1, 0.15) is 11.4 Å². The molecule has 1 saturated heterocycles. The smallest absolute Gasteiger partial charge is 0.273 e. The number of amides is 1. The molecule has 3 aromatic heterocycles. The van der Waals surface area contributed by atoms with Crippen LogP contribution in [0.4, 0.5) is 20.6 Å². The third kappa shape index (κ3) is 5.33. The summed E-state index contributed by atoms with van der Waals surface area (Å²) in [5.41, 5.74) is 2.12. The first-order valence-electron chi connectivity index (χ1n) is 13.0. The zero-order valence-corrected chi connectivity index (χ0v) is 22.7. The summed E-state index contributed by atoms with van der Waals surface area (Å²) in [5.74, 6) is -0.366. The number of anilines is 3. The highest BCUT2D eigenvalue weighted by Gasteiger charge is 2.23. The summed E-state index contributed by atoms with van der Waals surface area (Å²) in [6.07, 6.45) is 6.01. The van der Waals surface area contributed by atoms with Crippen molar-refractivity contribution in [2.45, 2.75) is 38.6 Å². The van der Waals surface area contributed by atoms with Crippen LogP contribution in [-0.4, -0.2) is 74.4 Å². The quantitative estimate of drug-likeness (QED) is 0.322. The first kappa shape index (κ1) is 25.1. The van der Waals surface area contributed by atoms with Crippen LogP contribution < -0.4 is 10.6 Å². The van der Waals surface area contributed by atoms with E-state index in [-0.39, 0.29) is 17.5 Å². The third-order valence-corrected chi connectivity index (χ3v) is 8.84. The Kier molecular flexibility index (Phi) is 7.18. The van der Waals surface area contributed by atoms with Crippen LogP contribution in [0.25, 0.3) is 21.5 Å². The molecule has 0 bridgehead atoms. The molecule has 2 N–H and O–H groups in total. The number of carbonyl (C=O) groups is 1. The molecular formula is C26H29FN8OS2. The van der Waals surface area contributed by atoms with Crippen LogP contribution in [-0.2, 0) is 0 Å². The number of rotatable bonds is 7. The molecule has 12 heteroatoms. The summed E-state index contributed by atoms with van der Waals surface area (Å²) in [5, 5.41) is 9.69. The summed E-state index contributed by atoms with van der Waals surface area (Å²) in [6.45, 7) is 6.24. The van der Waals surface area contributed by atoms with Gasteiger partial charge in [-0.3, -0.25) is 4.79 Å². The molecule has 0 unspecified atom stereocenters. The van der Waals surface area contributed by atoms with Crippen molar-refractivity contribution in [3.05, 3.63) is 41.3 Å². The number of fused-ring (bicyclic) bond motifs is 1. The first-order chi connectivity index (χ1) is 18.6. The zero-order chi connectivity index (χ0) is 26.1. The lowest BCUT2D eigenvalue weighted by Crippen LogP contribution is -2.48. The highest BCUT2D eigenvalue weighted by atomic mass is 32.1. The molecule has 1 aliphatic carbocycles. The van der Waals surface area contributed by atoms with Gasteiger partial charge in [-0.25, -0.2) is 24.3 Å². The number of carbonyl (C=O) groups excluding carboxylic acids is 1. The number of hydrogen-bond acceptors (Lipinski definition) is 10. The van der Waals surface area contributed by atoms with Crippen molar-refractivity contribution < 1.29 is 9.18 Å². The molecule has 6 rings (SSSR count). The van der Waals surface area contributed by atoms with Gasteiger partial charge in [-0.15, -0.1) is 11.3 Å². The molecule has 0 spiro atoms. The Balaban J connectivity index is 1.17. The maximum atomic E-state index is 14.8. The van der Waals surface area contributed by atoms with Gasteiger partial charge in [-0.1, -0.05) is 37.2 Å². The molecule has 2 fully saturated rings. The molecule has 1 aliphatic heterocycles. The van der Waals surface area contributed by atoms with E-state index in [9.17, 15) is 9.18 Å². The summed E-state index contributed by atoms with van der Waals surface area (Å²) < 4.78 is 15.8. The standard InChI is InChI=1S/C26H29FN8OS2/c1-2-34-9-11-35(12-10-34)23(36)20-15-37-25(31-20)33-24-28-14-18(27)22(32-24)16-7-8-19-21(13-16)38-26(30-19)29-17-5-3-4-6-17/h7-8,13-15,17H,2-6,9-12H2,1H3,(H,29,30)(H,28,31,32,33). The summed E-state index contributed by atoms with van der Waals surface area (Å²) >= 11 is 2.87. The maximum Gasteiger partial charge on any atom is 0.273 e. The Labute approximate surface area is 228 Å². The van der Waals surface area contributed by atoms with E-state index in [0.29, 0.717) is 35.5 Å². The fraction of sp³-hybridized carbons (Fsp3) is 0.423. The number of aromatic nitrogens is 4. The van der Waals surface area contributed by atoms with Crippen molar-refractivity contribution >= 4 is 55.0 Å². The lowest BCUT2D eigenvalue weighted by Gasteiger charge is -2.33. The van der Waals surface area contributed by atoms with E-state index in [1.165, 1.54) is 37.0 Å². The van der Waals surface area contributed by atoms with Gasteiger partial charge < -0.3 is 20.4 Å². The van der Waals surface area contributed by atoms with E-state index in [4.69, 9.17) is 4.98 Å². The molecule has 4 heterocycles. The van der Waals surface area contributed by atoms with E-state index in [0.717, 1.165) is 41.2 Å². The van der Waals surface area contributed by atoms with E-state index < -0.39 is 5.82 Å². The van der Waals surface area contributed by atoms with Gasteiger partial charge in [0.15, 0.2) is 16.1 Å². The second kappa shape index (κ2) is 10.9. The lowest BCUT2D eigenvalue weighted by atomic mass is 10.1. The van der Waals surface area contributed by atoms with Crippen molar-refractivity contribution in [1.29, 1.82) is 0 Å². The molecule has 9 nitrogen and oxygen atoms in total. The molecule has 0 atom stereocenters. The predicted molar refractivity (Wildman–Crippen MR) is 150 cm³/mol. The molecule has 1 aromatic carbocycles. The average molecular weight is 553 g/mol. The lowest BCUT2D eigenvalue weighted by molar-refractivity contribution is 0.0638. The van der Waals surface area contributed by atoms with E-state index in [1.54, 1.807) is 16.7 Å². The Morgan fingerprint density at radius 1 is 1.11 bits per heavy atom. The Hall–Kier alpha value is -3.22. The number of nitrogens with zero attached hydrogens (tertiary/aromatic N) is 6. The van der Waals surface area contributed by atoms with Crippen molar-refractivity contribution in [2.24, 2.45) is 0 Å². The van der Waals surface area contributed by atoms with Crippen LogP contribution >= 0.6 is 22.7 Å². The highest BCUT2D eigenvalue weighted by Crippen LogP contribution is 2.33. The van der Waals surface area contributed by atoms with E-state index in [1.807, 2.05) is 23.1 Å². The number of nitrogens with one attached hydrogen (secondary N) is 2. The van der Waals surface area contributed by atoms with Gasteiger partial charge in [-0.05, 0) is 31.5 Å². The van der Waals surface area contributed by atoms with Crippen LogP contribution in [0.3, 0.4) is 0 Å². The molecule has 1 amide bonds. The molecule has 0 radical (unpaired) electrons. The summed E-state index contributed by atoms with van der Waals surface area (Å²) in [7, 11) is 0. The molecule has 2 aliphatic rings. The Morgan fingerprint density at radius 3 is 2.71 bits per heavy atom. The normalized spacial score (nSPS) is 16.8. The number of halogens is 1. The van der Waals surface area contributed by atoms with E-state index in [2.05, 4.69) is 37.4 Å². The fourth-order valence-electron chi connectivity index (χ4n) is 4.96. The van der Waals surface area contributed by atoms with Gasteiger partial charge in [0.2, 0.25) is 5.95 Å². The van der Waals surface area contributed by atoms with Crippen LogP contribution in [0.5, 0.6) is 0 Å².